The molecule has 6 heteroatoms. The van der Waals surface area contributed by atoms with Gasteiger partial charge in [-0.05, 0) is 20.3 Å². The Labute approximate surface area is 130 Å². The first kappa shape index (κ1) is 19.7. The molecule has 0 radical (unpaired) electrons. The molecule has 6 nitrogen and oxygen atoms in total. The van der Waals surface area contributed by atoms with Gasteiger partial charge in [-0.1, -0.05) is 12.2 Å². The average molecular weight is 310 g/mol. The molecule has 0 aromatic heterocycles. The van der Waals surface area contributed by atoms with Crippen LogP contribution in [0.1, 0.15) is 33.6 Å². The zero-order chi connectivity index (χ0) is 17.0. The number of ether oxygens (including phenoxy) is 3. The van der Waals surface area contributed by atoms with E-state index in [1.54, 1.807) is 19.9 Å². The van der Waals surface area contributed by atoms with Gasteiger partial charge < -0.3 is 14.2 Å². The Morgan fingerprint density at radius 1 is 1.05 bits per heavy atom. The molecule has 122 valence electrons. The van der Waals surface area contributed by atoms with Crippen molar-refractivity contribution in [3.8, 4) is 12.3 Å². The Balaban J connectivity index is 5.18. The summed E-state index contributed by atoms with van der Waals surface area (Å²) in [5.41, 5.74) is -1.58. The highest BCUT2D eigenvalue weighted by atomic mass is 16.6. The number of rotatable bonds is 9. The monoisotopic (exact) mass is 310 g/mol. The summed E-state index contributed by atoms with van der Waals surface area (Å²) in [6, 6.07) is 0. The lowest BCUT2D eigenvalue weighted by Crippen LogP contribution is -2.41. The van der Waals surface area contributed by atoms with Crippen LogP contribution >= 0.6 is 0 Å². The smallest absolute Gasteiger partial charge is 0.324 e. The molecular formula is C16H22O6. The number of hydrogen-bond donors (Lipinski definition) is 0. The molecule has 0 aliphatic carbocycles. The molecule has 0 fully saturated rings. The van der Waals surface area contributed by atoms with Gasteiger partial charge in [-0.25, -0.2) is 0 Å². The van der Waals surface area contributed by atoms with Crippen molar-refractivity contribution in [3.63, 3.8) is 0 Å². The van der Waals surface area contributed by atoms with Gasteiger partial charge in [0.1, 0.15) is 6.61 Å². The van der Waals surface area contributed by atoms with Crippen molar-refractivity contribution in [2.75, 3.05) is 19.8 Å². The van der Waals surface area contributed by atoms with E-state index >= 15 is 0 Å². The van der Waals surface area contributed by atoms with E-state index in [9.17, 15) is 14.4 Å². The number of carbonyl (C=O) groups excluding carboxylic acids is 3. The van der Waals surface area contributed by atoms with Gasteiger partial charge in [-0.15, -0.1) is 12.3 Å². The van der Waals surface area contributed by atoms with Gasteiger partial charge in [-0.3, -0.25) is 14.4 Å². The van der Waals surface area contributed by atoms with Crippen molar-refractivity contribution in [3.05, 3.63) is 12.2 Å². The molecule has 0 bridgehead atoms. The summed E-state index contributed by atoms with van der Waals surface area (Å²) in [6.45, 7) is 4.87. The van der Waals surface area contributed by atoms with E-state index in [1.165, 1.54) is 13.0 Å². The quantitative estimate of drug-likeness (QED) is 0.212. The SMILES string of the molecule is C#CCC(C/C=C/COC(C)=O)(C(=O)OCC)C(=O)OCC. The van der Waals surface area contributed by atoms with Crippen molar-refractivity contribution in [1.29, 1.82) is 0 Å². The first-order valence-electron chi connectivity index (χ1n) is 7.00. The summed E-state index contributed by atoms with van der Waals surface area (Å²) in [7, 11) is 0. The first-order valence-corrected chi connectivity index (χ1v) is 7.00. The number of hydrogen-bond acceptors (Lipinski definition) is 6. The Kier molecular flexibility index (Phi) is 9.35. The summed E-state index contributed by atoms with van der Waals surface area (Å²) >= 11 is 0. The molecular weight excluding hydrogens is 288 g/mol. The van der Waals surface area contributed by atoms with Gasteiger partial charge in [0.15, 0.2) is 5.41 Å². The van der Waals surface area contributed by atoms with Crippen LogP contribution in [-0.4, -0.2) is 37.7 Å². The van der Waals surface area contributed by atoms with Gasteiger partial charge in [0.2, 0.25) is 0 Å². The molecule has 0 aliphatic rings. The number of carbonyl (C=O) groups is 3. The van der Waals surface area contributed by atoms with E-state index in [0.29, 0.717) is 0 Å². The molecule has 22 heavy (non-hydrogen) atoms. The molecule has 0 N–H and O–H groups in total. The fourth-order valence-electron chi connectivity index (χ4n) is 1.70. The normalized spacial score (nSPS) is 10.8. The number of allylic oxidation sites excluding steroid dienone is 1. The van der Waals surface area contributed by atoms with E-state index in [2.05, 4.69) is 5.92 Å². The number of terminal acetylenes is 1. The largest absolute Gasteiger partial charge is 0.465 e. The van der Waals surface area contributed by atoms with Crippen LogP contribution in [0.15, 0.2) is 12.2 Å². The highest BCUT2D eigenvalue weighted by molar-refractivity contribution is 6.00. The maximum atomic E-state index is 12.2. The summed E-state index contributed by atoms with van der Waals surface area (Å²) in [5.74, 6) is 0.467. The van der Waals surface area contributed by atoms with Crippen LogP contribution in [0.2, 0.25) is 0 Å². The molecule has 0 aromatic rings. The van der Waals surface area contributed by atoms with Gasteiger partial charge in [0.25, 0.3) is 0 Å². The van der Waals surface area contributed by atoms with Gasteiger partial charge in [-0.2, -0.15) is 0 Å². The third-order valence-corrected chi connectivity index (χ3v) is 2.75. The first-order chi connectivity index (χ1) is 10.4. The second kappa shape index (κ2) is 10.4. The minimum absolute atomic E-state index is 0.0101. The lowest BCUT2D eigenvalue weighted by atomic mass is 9.81. The maximum Gasteiger partial charge on any atom is 0.324 e. The van der Waals surface area contributed by atoms with E-state index in [-0.39, 0.29) is 32.7 Å². The Hall–Kier alpha value is -2.29. The standard InChI is InChI=1S/C16H22O6/c1-5-10-16(14(18)20-6-2,15(19)21-7-3)11-8-9-12-22-13(4)17/h1,8-9H,6-7,10-12H2,2-4H3/b9-8+. The molecule has 0 heterocycles. The van der Waals surface area contributed by atoms with Crippen LogP contribution in [0.3, 0.4) is 0 Å². The Bertz CT molecular complexity index is 440. The minimum Gasteiger partial charge on any atom is -0.465 e. The maximum absolute atomic E-state index is 12.2. The second-order valence-corrected chi connectivity index (χ2v) is 4.38. The fourth-order valence-corrected chi connectivity index (χ4v) is 1.70. The van der Waals surface area contributed by atoms with E-state index < -0.39 is 23.3 Å². The van der Waals surface area contributed by atoms with Crippen molar-refractivity contribution >= 4 is 17.9 Å². The second-order valence-electron chi connectivity index (χ2n) is 4.38. The summed E-state index contributed by atoms with van der Waals surface area (Å²) < 4.78 is 14.7. The van der Waals surface area contributed by atoms with Crippen LogP contribution in [0.25, 0.3) is 0 Å². The summed E-state index contributed by atoms with van der Waals surface area (Å²) in [4.78, 5) is 35.1. The van der Waals surface area contributed by atoms with Crippen molar-refractivity contribution in [1.82, 2.24) is 0 Å². The third-order valence-electron chi connectivity index (χ3n) is 2.75. The lowest BCUT2D eigenvalue weighted by Gasteiger charge is -2.26. The van der Waals surface area contributed by atoms with Gasteiger partial charge in [0, 0.05) is 13.3 Å². The summed E-state index contributed by atoms with van der Waals surface area (Å²) in [5, 5.41) is 0. The van der Waals surface area contributed by atoms with E-state index in [0.717, 1.165) is 0 Å². The minimum atomic E-state index is -1.58. The molecule has 0 saturated heterocycles. The van der Waals surface area contributed by atoms with Crippen LogP contribution in [0.5, 0.6) is 0 Å². The highest BCUT2D eigenvalue weighted by Gasteiger charge is 2.47. The number of esters is 3. The van der Waals surface area contributed by atoms with E-state index in [1.807, 2.05) is 0 Å². The van der Waals surface area contributed by atoms with Crippen molar-refractivity contribution in [2.45, 2.75) is 33.6 Å². The van der Waals surface area contributed by atoms with Crippen molar-refractivity contribution in [2.24, 2.45) is 5.41 Å². The van der Waals surface area contributed by atoms with Crippen LogP contribution < -0.4 is 0 Å². The lowest BCUT2D eigenvalue weighted by molar-refractivity contribution is -0.171. The predicted molar refractivity (Wildman–Crippen MR) is 79.5 cm³/mol. The van der Waals surface area contributed by atoms with Crippen molar-refractivity contribution < 1.29 is 28.6 Å². The van der Waals surface area contributed by atoms with Gasteiger partial charge in [0.05, 0.1) is 13.2 Å². The van der Waals surface area contributed by atoms with Gasteiger partial charge >= 0.3 is 17.9 Å². The molecule has 0 aliphatic heterocycles. The zero-order valence-corrected chi connectivity index (χ0v) is 13.2. The van der Waals surface area contributed by atoms with Crippen LogP contribution in [0.4, 0.5) is 0 Å². The molecule has 0 atom stereocenters. The zero-order valence-electron chi connectivity index (χ0n) is 13.2. The molecule has 0 unspecified atom stereocenters. The van der Waals surface area contributed by atoms with Crippen LogP contribution in [-0.2, 0) is 28.6 Å². The average Bonchev–Trinajstić information content (AvgIpc) is 2.45. The molecule has 0 spiro atoms. The molecule has 0 rings (SSSR count). The molecule has 0 amide bonds. The third kappa shape index (κ3) is 6.00. The molecule has 0 saturated carbocycles. The van der Waals surface area contributed by atoms with E-state index in [4.69, 9.17) is 20.6 Å². The highest BCUT2D eigenvalue weighted by Crippen LogP contribution is 2.31. The predicted octanol–water partition coefficient (Wildman–Crippen LogP) is 1.63. The Morgan fingerprint density at radius 2 is 1.59 bits per heavy atom. The summed E-state index contributed by atoms with van der Waals surface area (Å²) in [6.07, 6.45) is 8.25. The topological polar surface area (TPSA) is 78.9 Å². The fraction of sp³-hybridized carbons (Fsp3) is 0.562. The van der Waals surface area contributed by atoms with Crippen LogP contribution in [0, 0.1) is 17.8 Å². The Morgan fingerprint density at radius 3 is 2.00 bits per heavy atom. The molecule has 0 aromatic carbocycles.